The fraction of sp³-hybridized carbons (Fsp3) is 0.435. The largest absolute Gasteiger partial charge is 0.488 e. The van der Waals surface area contributed by atoms with E-state index in [0.717, 1.165) is 6.42 Å². The Morgan fingerprint density at radius 2 is 2.00 bits per heavy atom. The predicted octanol–water partition coefficient (Wildman–Crippen LogP) is 4.00. The molecule has 4 rings (SSSR count). The summed E-state index contributed by atoms with van der Waals surface area (Å²) < 4.78 is 27.6. The summed E-state index contributed by atoms with van der Waals surface area (Å²) in [6.45, 7) is 7.52. The molecule has 1 aliphatic rings. The molecule has 3 heterocycles. The lowest BCUT2D eigenvalue weighted by Gasteiger charge is -2.46. The summed E-state index contributed by atoms with van der Waals surface area (Å²) in [5.74, 6) is -0.486. The standard InChI is InChI=1S/C23H26FN3O4/c1-13-8-14(27(13)22(29)31-23(2,3)4)12-30-20-10-19-16(9-18(20)24)15-6-7-25-11-17(15)21(28)26(19)5/h6-7,9-11,13-14H,8,12H2,1-5H3/t13?,14-/m0/s1. The molecule has 0 saturated carbocycles. The molecule has 0 aliphatic carbocycles. The van der Waals surface area contributed by atoms with Crippen molar-refractivity contribution in [2.24, 2.45) is 7.05 Å². The van der Waals surface area contributed by atoms with Crippen LogP contribution in [0.2, 0.25) is 0 Å². The SMILES string of the molecule is CC1C[C@@H](COc2cc3c(cc2F)c2ccncc2c(=O)n3C)N1C(=O)OC(C)(C)C. The molecule has 1 amide bonds. The molecule has 164 valence electrons. The van der Waals surface area contributed by atoms with Crippen LogP contribution in [0.1, 0.15) is 34.1 Å². The quantitative estimate of drug-likeness (QED) is 0.591. The number of pyridine rings is 2. The molecule has 1 unspecified atom stereocenters. The first-order valence-corrected chi connectivity index (χ1v) is 10.3. The lowest BCUT2D eigenvalue weighted by atomic mass is 9.95. The average molecular weight is 427 g/mol. The summed E-state index contributed by atoms with van der Waals surface area (Å²) in [5.41, 5.74) is -0.242. The van der Waals surface area contributed by atoms with Crippen molar-refractivity contribution in [3.05, 3.63) is 46.8 Å². The lowest BCUT2D eigenvalue weighted by molar-refractivity contribution is -0.0376. The van der Waals surface area contributed by atoms with Crippen molar-refractivity contribution < 1.29 is 18.7 Å². The number of rotatable bonds is 3. The fourth-order valence-electron chi connectivity index (χ4n) is 4.06. The molecule has 0 spiro atoms. The van der Waals surface area contributed by atoms with Crippen LogP contribution < -0.4 is 10.3 Å². The molecule has 0 N–H and O–H groups in total. The number of carbonyl (C=O) groups is 1. The second kappa shape index (κ2) is 7.51. The summed E-state index contributed by atoms with van der Waals surface area (Å²) in [4.78, 5) is 30.7. The molecule has 3 aromatic rings. The van der Waals surface area contributed by atoms with E-state index in [0.29, 0.717) is 21.7 Å². The minimum absolute atomic E-state index is 0.0331. The van der Waals surface area contributed by atoms with Gasteiger partial charge in [-0.15, -0.1) is 0 Å². The number of benzene rings is 1. The topological polar surface area (TPSA) is 73.7 Å². The molecule has 0 radical (unpaired) electrons. The van der Waals surface area contributed by atoms with Crippen LogP contribution in [0.4, 0.5) is 9.18 Å². The van der Waals surface area contributed by atoms with Gasteiger partial charge in [-0.2, -0.15) is 0 Å². The number of aryl methyl sites for hydroxylation is 1. The van der Waals surface area contributed by atoms with Gasteiger partial charge in [-0.3, -0.25) is 14.7 Å². The van der Waals surface area contributed by atoms with Crippen LogP contribution >= 0.6 is 0 Å². The van der Waals surface area contributed by atoms with E-state index in [9.17, 15) is 14.0 Å². The zero-order chi connectivity index (χ0) is 22.5. The number of nitrogens with zero attached hydrogens (tertiary/aromatic N) is 3. The number of likely N-dealkylation sites (tertiary alicyclic amines) is 1. The highest BCUT2D eigenvalue weighted by molar-refractivity contribution is 6.05. The van der Waals surface area contributed by atoms with Gasteiger partial charge >= 0.3 is 6.09 Å². The van der Waals surface area contributed by atoms with E-state index in [2.05, 4.69) is 4.98 Å². The molecular weight excluding hydrogens is 401 g/mol. The first-order chi connectivity index (χ1) is 14.6. The Bertz CT molecular complexity index is 1230. The van der Waals surface area contributed by atoms with Gasteiger partial charge < -0.3 is 14.0 Å². The maximum atomic E-state index is 14.9. The molecule has 1 saturated heterocycles. The van der Waals surface area contributed by atoms with E-state index >= 15 is 0 Å². The number of hydrogen-bond donors (Lipinski definition) is 0. The zero-order valence-electron chi connectivity index (χ0n) is 18.3. The highest BCUT2D eigenvalue weighted by atomic mass is 19.1. The smallest absolute Gasteiger partial charge is 0.410 e. The normalized spacial score (nSPS) is 18.8. The van der Waals surface area contributed by atoms with Gasteiger partial charge in [0.2, 0.25) is 0 Å². The van der Waals surface area contributed by atoms with E-state index in [-0.39, 0.29) is 30.0 Å². The van der Waals surface area contributed by atoms with Crippen LogP contribution in [-0.2, 0) is 11.8 Å². The van der Waals surface area contributed by atoms with Crippen LogP contribution in [0, 0.1) is 5.82 Å². The van der Waals surface area contributed by atoms with Crippen LogP contribution in [0.25, 0.3) is 21.7 Å². The Morgan fingerprint density at radius 3 is 2.68 bits per heavy atom. The molecule has 1 aromatic carbocycles. The van der Waals surface area contributed by atoms with Crippen molar-refractivity contribution in [3.63, 3.8) is 0 Å². The summed E-state index contributed by atoms with van der Waals surface area (Å²) in [7, 11) is 1.64. The van der Waals surface area contributed by atoms with Gasteiger partial charge in [0.05, 0.1) is 16.9 Å². The van der Waals surface area contributed by atoms with Crippen molar-refractivity contribution in [2.45, 2.75) is 51.8 Å². The zero-order valence-corrected chi connectivity index (χ0v) is 18.3. The minimum atomic E-state index is -0.592. The first kappa shape index (κ1) is 21.1. The van der Waals surface area contributed by atoms with E-state index in [4.69, 9.17) is 9.47 Å². The summed E-state index contributed by atoms with van der Waals surface area (Å²) in [5, 5.41) is 1.68. The summed E-state index contributed by atoms with van der Waals surface area (Å²) >= 11 is 0. The Morgan fingerprint density at radius 1 is 1.26 bits per heavy atom. The van der Waals surface area contributed by atoms with E-state index in [1.165, 1.54) is 22.9 Å². The molecule has 1 aliphatic heterocycles. The lowest BCUT2D eigenvalue weighted by Crippen LogP contribution is -2.60. The van der Waals surface area contributed by atoms with Crippen molar-refractivity contribution in [2.75, 3.05) is 6.61 Å². The molecule has 31 heavy (non-hydrogen) atoms. The summed E-state index contributed by atoms with van der Waals surface area (Å²) in [6, 6.07) is 4.44. The number of aromatic nitrogens is 2. The third kappa shape index (κ3) is 3.82. The third-order valence-corrected chi connectivity index (χ3v) is 5.57. The van der Waals surface area contributed by atoms with Gasteiger partial charge in [-0.1, -0.05) is 0 Å². The second-order valence-electron chi connectivity index (χ2n) is 9.02. The fourth-order valence-corrected chi connectivity index (χ4v) is 4.06. The number of halogens is 1. The molecule has 2 aromatic heterocycles. The van der Waals surface area contributed by atoms with Gasteiger partial charge in [0.15, 0.2) is 11.6 Å². The molecule has 8 heteroatoms. The molecule has 7 nitrogen and oxygen atoms in total. The third-order valence-electron chi connectivity index (χ3n) is 5.57. The van der Waals surface area contributed by atoms with Crippen LogP contribution in [0.15, 0.2) is 35.4 Å². The Kier molecular flexibility index (Phi) is 5.11. The maximum Gasteiger partial charge on any atom is 0.410 e. The first-order valence-electron chi connectivity index (χ1n) is 10.3. The highest BCUT2D eigenvalue weighted by Gasteiger charge is 2.41. The predicted molar refractivity (Wildman–Crippen MR) is 116 cm³/mol. The van der Waals surface area contributed by atoms with Gasteiger partial charge in [-0.25, -0.2) is 9.18 Å². The number of hydrogen-bond acceptors (Lipinski definition) is 5. The Labute approximate surface area is 179 Å². The number of ether oxygens (including phenoxy) is 2. The highest BCUT2D eigenvalue weighted by Crippen LogP contribution is 2.31. The van der Waals surface area contributed by atoms with Crippen LogP contribution in [-0.4, -0.2) is 44.8 Å². The van der Waals surface area contributed by atoms with E-state index in [1.807, 2.05) is 27.7 Å². The monoisotopic (exact) mass is 427 g/mol. The molecule has 1 fully saturated rings. The van der Waals surface area contributed by atoms with E-state index in [1.54, 1.807) is 24.2 Å². The van der Waals surface area contributed by atoms with Gasteiger partial charge in [0.1, 0.15) is 12.2 Å². The number of amides is 1. The molecule has 2 atom stereocenters. The van der Waals surface area contributed by atoms with Crippen molar-refractivity contribution >= 4 is 27.8 Å². The maximum absolute atomic E-state index is 14.9. The van der Waals surface area contributed by atoms with Gasteiger partial charge in [0, 0.05) is 36.9 Å². The van der Waals surface area contributed by atoms with Crippen LogP contribution in [0.5, 0.6) is 5.75 Å². The molecule has 0 bridgehead atoms. The van der Waals surface area contributed by atoms with E-state index < -0.39 is 17.5 Å². The van der Waals surface area contributed by atoms with Gasteiger partial charge in [0.25, 0.3) is 5.56 Å². The van der Waals surface area contributed by atoms with Gasteiger partial charge in [-0.05, 0) is 51.6 Å². The van der Waals surface area contributed by atoms with Crippen molar-refractivity contribution in [1.82, 2.24) is 14.5 Å². The Balaban J connectivity index is 1.60. The van der Waals surface area contributed by atoms with Crippen LogP contribution in [0.3, 0.4) is 0 Å². The number of fused-ring (bicyclic) bond motifs is 3. The van der Waals surface area contributed by atoms with Crippen molar-refractivity contribution in [3.8, 4) is 5.75 Å². The summed E-state index contributed by atoms with van der Waals surface area (Å²) in [6.07, 6.45) is 3.40. The average Bonchev–Trinajstić information content (AvgIpc) is 2.68. The number of carbonyl (C=O) groups excluding carboxylic acids is 1. The van der Waals surface area contributed by atoms with Crippen molar-refractivity contribution in [1.29, 1.82) is 0 Å². The Hall–Kier alpha value is -3.16. The molecular formula is C23H26FN3O4. The minimum Gasteiger partial charge on any atom is -0.488 e. The second-order valence-corrected chi connectivity index (χ2v) is 9.02.